The summed E-state index contributed by atoms with van der Waals surface area (Å²) in [4.78, 5) is 1.21. The van der Waals surface area contributed by atoms with Crippen molar-refractivity contribution in [2.45, 2.75) is 10.6 Å². The summed E-state index contributed by atoms with van der Waals surface area (Å²) < 4.78 is 1.08. The second-order valence-corrected chi connectivity index (χ2v) is 5.97. The molecule has 2 aromatic carbocycles. The molecule has 0 unspecified atom stereocenters. The van der Waals surface area contributed by atoms with Crippen LogP contribution in [0.5, 0.6) is 0 Å². The summed E-state index contributed by atoms with van der Waals surface area (Å²) in [5.41, 5.74) is 7.56. The first-order valence-electron chi connectivity index (χ1n) is 5.07. The van der Waals surface area contributed by atoms with Gasteiger partial charge in [-0.2, -0.15) is 0 Å². The van der Waals surface area contributed by atoms with Crippen LogP contribution in [0.4, 0.5) is 5.69 Å². The van der Waals surface area contributed by atoms with E-state index in [1.165, 1.54) is 4.90 Å². The molecule has 0 spiro atoms. The van der Waals surface area contributed by atoms with Crippen molar-refractivity contribution < 1.29 is 0 Å². The smallest absolute Gasteiger partial charge is 0.0448 e. The van der Waals surface area contributed by atoms with Gasteiger partial charge in [0.05, 0.1) is 0 Å². The molecular formula is C13H11BrClNS. The van der Waals surface area contributed by atoms with Gasteiger partial charge in [-0.3, -0.25) is 0 Å². The van der Waals surface area contributed by atoms with E-state index in [-0.39, 0.29) is 0 Å². The van der Waals surface area contributed by atoms with Crippen molar-refractivity contribution in [3.8, 4) is 0 Å². The van der Waals surface area contributed by atoms with Crippen LogP contribution >= 0.6 is 39.3 Å². The first-order valence-corrected chi connectivity index (χ1v) is 7.23. The zero-order valence-corrected chi connectivity index (χ0v) is 12.1. The van der Waals surface area contributed by atoms with Gasteiger partial charge in [0, 0.05) is 25.8 Å². The molecule has 0 heterocycles. The van der Waals surface area contributed by atoms with Gasteiger partial charge in [0.2, 0.25) is 0 Å². The Hall–Kier alpha value is -0.640. The average Bonchev–Trinajstić information content (AvgIpc) is 2.30. The Kier molecular flexibility index (Phi) is 4.37. The molecule has 0 aliphatic carbocycles. The molecule has 0 amide bonds. The molecule has 0 atom stereocenters. The standard InChI is InChI=1S/C13H11BrClNS/c14-10-2-1-3-12(7-10)17-8-9-6-11(16)4-5-13(9)15/h1-7H,8,16H2. The van der Waals surface area contributed by atoms with E-state index in [0.29, 0.717) is 0 Å². The van der Waals surface area contributed by atoms with Crippen molar-refractivity contribution in [1.82, 2.24) is 0 Å². The first-order chi connectivity index (χ1) is 8.15. The highest BCUT2D eigenvalue weighted by Gasteiger charge is 2.02. The molecule has 2 rings (SSSR count). The molecule has 0 fully saturated rings. The van der Waals surface area contributed by atoms with E-state index < -0.39 is 0 Å². The van der Waals surface area contributed by atoms with Crippen molar-refractivity contribution in [2.24, 2.45) is 0 Å². The highest BCUT2D eigenvalue weighted by atomic mass is 79.9. The summed E-state index contributed by atoms with van der Waals surface area (Å²) in [5.74, 6) is 0.820. The number of rotatable bonds is 3. The van der Waals surface area contributed by atoms with Crippen LogP contribution < -0.4 is 5.73 Å². The van der Waals surface area contributed by atoms with Crippen molar-refractivity contribution in [2.75, 3.05) is 5.73 Å². The van der Waals surface area contributed by atoms with Gasteiger partial charge in [-0.25, -0.2) is 0 Å². The normalized spacial score (nSPS) is 10.5. The van der Waals surface area contributed by atoms with Crippen LogP contribution in [0, 0.1) is 0 Å². The fourth-order valence-electron chi connectivity index (χ4n) is 1.42. The highest BCUT2D eigenvalue weighted by molar-refractivity contribution is 9.10. The molecule has 0 bridgehead atoms. The number of nitrogens with two attached hydrogens (primary N) is 1. The monoisotopic (exact) mass is 327 g/mol. The molecule has 0 saturated heterocycles. The van der Waals surface area contributed by atoms with E-state index in [1.54, 1.807) is 11.8 Å². The fourth-order valence-corrected chi connectivity index (χ4v) is 3.18. The zero-order valence-electron chi connectivity index (χ0n) is 8.99. The molecule has 0 aliphatic rings. The SMILES string of the molecule is Nc1ccc(Cl)c(CSc2cccc(Br)c2)c1. The molecule has 2 N–H and O–H groups in total. The molecule has 2 aromatic rings. The quantitative estimate of drug-likeness (QED) is 0.635. The Labute approximate surface area is 118 Å². The second-order valence-electron chi connectivity index (χ2n) is 3.60. The maximum Gasteiger partial charge on any atom is 0.0448 e. The maximum absolute atomic E-state index is 6.12. The minimum atomic E-state index is 0.749. The number of thioether (sulfide) groups is 1. The predicted molar refractivity (Wildman–Crippen MR) is 79.6 cm³/mol. The molecule has 1 nitrogen and oxygen atoms in total. The van der Waals surface area contributed by atoms with Gasteiger partial charge in [-0.05, 0) is 42.0 Å². The molecular weight excluding hydrogens is 318 g/mol. The molecule has 0 aliphatic heterocycles. The number of hydrogen-bond donors (Lipinski definition) is 1. The Morgan fingerprint density at radius 1 is 1.18 bits per heavy atom. The zero-order chi connectivity index (χ0) is 12.3. The van der Waals surface area contributed by atoms with Gasteiger partial charge < -0.3 is 5.73 Å². The van der Waals surface area contributed by atoms with Crippen molar-refractivity contribution in [3.05, 3.63) is 57.5 Å². The van der Waals surface area contributed by atoms with Crippen LogP contribution in [-0.4, -0.2) is 0 Å². The van der Waals surface area contributed by atoms with Gasteiger partial charge in [-0.15, -0.1) is 11.8 Å². The number of halogens is 2. The van der Waals surface area contributed by atoms with Gasteiger partial charge in [0.1, 0.15) is 0 Å². The number of anilines is 1. The van der Waals surface area contributed by atoms with E-state index in [4.69, 9.17) is 17.3 Å². The molecule has 4 heteroatoms. The third kappa shape index (κ3) is 3.66. The maximum atomic E-state index is 6.12. The summed E-state index contributed by atoms with van der Waals surface area (Å²) in [6.45, 7) is 0. The molecule has 0 aromatic heterocycles. The topological polar surface area (TPSA) is 26.0 Å². The Balaban J connectivity index is 2.09. The van der Waals surface area contributed by atoms with Crippen molar-refractivity contribution in [3.63, 3.8) is 0 Å². The summed E-state index contributed by atoms with van der Waals surface area (Å²) >= 11 is 11.3. The molecule has 0 saturated carbocycles. The van der Waals surface area contributed by atoms with Gasteiger partial charge in [0.15, 0.2) is 0 Å². The predicted octanol–water partition coefficient (Wildman–Crippen LogP) is 4.98. The fraction of sp³-hybridized carbons (Fsp3) is 0.0769. The third-order valence-corrected chi connectivity index (χ3v) is 4.16. The lowest BCUT2D eigenvalue weighted by Gasteiger charge is -2.06. The van der Waals surface area contributed by atoms with Gasteiger partial charge in [-0.1, -0.05) is 33.6 Å². The molecule has 17 heavy (non-hydrogen) atoms. The lowest BCUT2D eigenvalue weighted by molar-refractivity contribution is 1.37. The summed E-state index contributed by atoms with van der Waals surface area (Å²) in [6.07, 6.45) is 0. The minimum absolute atomic E-state index is 0.749. The van der Waals surface area contributed by atoms with Crippen molar-refractivity contribution in [1.29, 1.82) is 0 Å². The van der Waals surface area contributed by atoms with Gasteiger partial charge >= 0.3 is 0 Å². The Morgan fingerprint density at radius 3 is 2.76 bits per heavy atom. The van der Waals surface area contributed by atoms with Crippen LogP contribution in [0.25, 0.3) is 0 Å². The van der Waals surface area contributed by atoms with Crippen LogP contribution in [-0.2, 0) is 5.75 Å². The first kappa shape index (κ1) is 12.8. The second kappa shape index (κ2) is 5.80. The van der Waals surface area contributed by atoms with Crippen LogP contribution in [0.1, 0.15) is 5.56 Å². The Morgan fingerprint density at radius 2 is 2.00 bits per heavy atom. The highest BCUT2D eigenvalue weighted by Crippen LogP contribution is 2.29. The lowest BCUT2D eigenvalue weighted by Crippen LogP contribution is -1.88. The Bertz CT molecular complexity index is 531. The molecule has 0 radical (unpaired) electrons. The minimum Gasteiger partial charge on any atom is -0.399 e. The van der Waals surface area contributed by atoms with E-state index in [2.05, 4.69) is 28.1 Å². The molecule has 88 valence electrons. The van der Waals surface area contributed by atoms with Crippen LogP contribution in [0.3, 0.4) is 0 Å². The van der Waals surface area contributed by atoms with E-state index >= 15 is 0 Å². The lowest BCUT2D eigenvalue weighted by atomic mass is 10.2. The number of benzene rings is 2. The largest absolute Gasteiger partial charge is 0.399 e. The number of hydrogen-bond acceptors (Lipinski definition) is 2. The van der Waals surface area contributed by atoms with Crippen LogP contribution in [0.2, 0.25) is 5.02 Å². The number of nitrogen functional groups attached to an aromatic ring is 1. The summed E-state index contributed by atoms with van der Waals surface area (Å²) in [5, 5.41) is 0.765. The van der Waals surface area contributed by atoms with E-state index in [9.17, 15) is 0 Å². The van der Waals surface area contributed by atoms with E-state index in [0.717, 1.165) is 26.5 Å². The summed E-state index contributed by atoms with van der Waals surface area (Å²) in [7, 11) is 0. The average molecular weight is 329 g/mol. The summed E-state index contributed by atoms with van der Waals surface area (Å²) in [6, 6.07) is 13.8. The van der Waals surface area contributed by atoms with Gasteiger partial charge in [0.25, 0.3) is 0 Å². The van der Waals surface area contributed by atoms with Crippen molar-refractivity contribution >= 4 is 45.0 Å². The van der Waals surface area contributed by atoms with Crippen LogP contribution in [0.15, 0.2) is 51.8 Å². The van der Waals surface area contributed by atoms with E-state index in [1.807, 2.05) is 30.3 Å². The third-order valence-electron chi connectivity index (χ3n) is 2.26.